The molecule has 158 valence electrons. The minimum Gasteiger partial charge on any atom is -0.443 e. The third kappa shape index (κ3) is 4.28. The number of morpholine rings is 1. The van der Waals surface area contributed by atoms with Gasteiger partial charge in [-0.15, -0.1) is 11.3 Å². The third-order valence-electron chi connectivity index (χ3n) is 4.98. The van der Waals surface area contributed by atoms with Crippen LogP contribution in [0.1, 0.15) is 16.7 Å². The zero-order chi connectivity index (χ0) is 21.2. The molecule has 1 N–H and O–H groups in total. The average Bonchev–Trinajstić information content (AvgIpc) is 3.43. The van der Waals surface area contributed by atoms with E-state index in [1.54, 1.807) is 23.7 Å². The quantitative estimate of drug-likeness (QED) is 0.371. The van der Waals surface area contributed by atoms with Gasteiger partial charge < -0.3 is 14.1 Å². The van der Waals surface area contributed by atoms with Gasteiger partial charge in [-0.3, -0.25) is 0 Å². The van der Waals surface area contributed by atoms with Crippen molar-refractivity contribution in [1.29, 1.82) is 0 Å². The maximum atomic E-state index is 5.52. The Morgan fingerprint density at radius 1 is 1.10 bits per heavy atom. The number of thiophene rings is 1. The van der Waals surface area contributed by atoms with Gasteiger partial charge >= 0.3 is 0 Å². The summed E-state index contributed by atoms with van der Waals surface area (Å²) >= 11 is 1.55. The zero-order valence-electron chi connectivity index (χ0n) is 17.3. The van der Waals surface area contributed by atoms with Crippen molar-refractivity contribution in [2.75, 3.05) is 36.6 Å². The van der Waals surface area contributed by atoms with E-state index in [1.807, 2.05) is 0 Å². The summed E-state index contributed by atoms with van der Waals surface area (Å²) in [6.07, 6.45) is 4.93. The first-order valence-corrected chi connectivity index (χ1v) is 10.9. The number of ether oxygens (including phenoxy) is 1. The molecular weight excluding hydrogens is 412 g/mol. The van der Waals surface area contributed by atoms with Crippen molar-refractivity contribution in [3.05, 3.63) is 53.5 Å². The van der Waals surface area contributed by atoms with Gasteiger partial charge in [0.05, 0.1) is 35.9 Å². The van der Waals surface area contributed by atoms with E-state index in [2.05, 4.69) is 58.5 Å². The van der Waals surface area contributed by atoms with Crippen LogP contribution in [0.5, 0.6) is 0 Å². The van der Waals surface area contributed by atoms with Gasteiger partial charge in [-0.05, 0) is 25.5 Å². The summed E-state index contributed by atoms with van der Waals surface area (Å²) in [7, 11) is 0. The highest BCUT2D eigenvalue weighted by Crippen LogP contribution is 2.37. The molecule has 0 amide bonds. The van der Waals surface area contributed by atoms with Gasteiger partial charge in [-0.25, -0.2) is 15.4 Å². The zero-order valence-corrected chi connectivity index (χ0v) is 18.1. The van der Waals surface area contributed by atoms with Gasteiger partial charge in [0.15, 0.2) is 12.2 Å². The van der Waals surface area contributed by atoms with Gasteiger partial charge in [-0.1, -0.05) is 29.3 Å². The van der Waals surface area contributed by atoms with Crippen molar-refractivity contribution in [3.8, 4) is 10.6 Å². The summed E-state index contributed by atoms with van der Waals surface area (Å²) in [5.41, 5.74) is 6.44. The Balaban J connectivity index is 1.49. The van der Waals surface area contributed by atoms with Crippen LogP contribution in [0.2, 0.25) is 0 Å². The van der Waals surface area contributed by atoms with Crippen molar-refractivity contribution in [3.63, 3.8) is 0 Å². The molecule has 0 spiro atoms. The highest BCUT2D eigenvalue weighted by Gasteiger charge is 2.20. The predicted molar refractivity (Wildman–Crippen MR) is 123 cm³/mol. The average molecular weight is 435 g/mol. The van der Waals surface area contributed by atoms with Crippen LogP contribution in [0, 0.1) is 13.8 Å². The van der Waals surface area contributed by atoms with Gasteiger partial charge in [0, 0.05) is 13.1 Å². The lowest BCUT2D eigenvalue weighted by Gasteiger charge is -2.28. The first-order chi connectivity index (χ1) is 15.2. The molecule has 4 aromatic rings. The third-order valence-corrected chi connectivity index (χ3v) is 6.02. The highest BCUT2D eigenvalue weighted by atomic mass is 32.1. The highest BCUT2D eigenvalue weighted by molar-refractivity contribution is 7.21. The number of nitrogens with zero attached hydrogens (tertiary/aromatic N) is 5. The number of aromatic nitrogens is 3. The van der Waals surface area contributed by atoms with Crippen LogP contribution >= 0.6 is 11.3 Å². The van der Waals surface area contributed by atoms with Crippen LogP contribution in [0.3, 0.4) is 0 Å². The maximum Gasteiger partial charge on any atom is 0.246 e. The molecule has 4 heterocycles. The molecule has 1 saturated heterocycles. The molecule has 3 aromatic heterocycles. The van der Waals surface area contributed by atoms with Crippen LogP contribution in [0.4, 0.5) is 11.8 Å². The van der Waals surface area contributed by atoms with E-state index in [0.717, 1.165) is 45.3 Å². The second-order valence-electron chi connectivity index (χ2n) is 7.46. The molecule has 0 bridgehead atoms. The van der Waals surface area contributed by atoms with Crippen molar-refractivity contribution >= 4 is 39.5 Å². The van der Waals surface area contributed by atoms with Crippen molar-refractivity contribution in [2.24, 2.45) is 5.10 Å². The van der Waals surface area contributed by atoms with Gasteiger partial charge in [0.2, 0.25) is 5.95 Å². The second kappa shape index (κ2) is 8.44. The number of benzene rings is 1. The molecule has 31 heavy (non-hydrogen) atoms. The Hall–Kier alpha value is -3.30. The van der Waals surface area contributed by atoms with E-state index >= 15 is 0 Å². The number of anilines is 2. The normalized spacial score (nSPS) is 14.6. The molecule has 1 aromatic carbocycles. The predicted octanol–water partition coefficient (Wildman–Crippen LogP) is 4.25. The van der Waals surface area contributed by atoms with Crippen LogP contribution in [0.25, 0.3) is 20.9 Å². The largest absolute Gasteiger partial charge is 0.443 e. The lowest BCUT2D eigenvalue weighted by molar-refractivity contribution is 0.122. The number of hydrazone groups is 1. The molecule has 5 rings (SSSR count). The van der Waals surface area contributed by atoms with Crippen LogP contribution in [-0.2, 0) is 4.74 Å². The van der Waals surface area contributed by atoms with Crippen molar-refractivity contribution < 1.29 is 9.15 Å². The summed E-state index contributed by atoms with van der Waals surface area (Å²) in [6, 6.07) is 8.38. The lowest BCUT2D eigenvalue weighted by atomic mass is 10.1. The number of rotatable bonds is 5. The number of hydrogen-bond donors (Lipinski definition) is 1. The first-order valence-electron chi connectivity index (χ1n) is 10.1. The summed E-state index contributed by atoms with van der Waals surface area (Å²) < 4.78 is 11.0. The molecule has 0 saturated carbocycles. The number of oxazole rings is 1. The number of aryl methyl sites for hydroxylation is 2. The topological polar surface area (TPSA) is 88.7 Å². The molecule has 0 atom stereocenters. The van der Waals surface area contributed by atoms with E-state index in [9.17, 15) is 0 Å². The van der Waals surface area contributed by atoms with Crippen LogP contribution in [0.15, 0.2) is 46.4 Å². The Morgan fingerprint density at radius 2 is 1.90 bits per heavy atom. The minimum atomic E-state index is 0.459. The number of hydrogen-bond acceptors (Lipinski definition) is 9. The molecule has 0 aliphatic carbocycles. The fourth-order valence-corrected chi connectivity index (χ4v) is 4.66. The minimum absolute atomic E-state index is 0.459. The summed E-state index contributed by atoms with van der Waals surface area (Å²) in [5, 5.41) is 5.36. The summed E-state index contributed by atoms with van der Waals surface area (Å²) in [5.74, 6) is 2.05. The van der Waals surface area contributed by atoms with Crippen LogP contribution < -0.4 is 10.3 Å². The van der Waals surface area contributed by atoms with E-state index in [1.165, 1.54) is 17.5 Å². The van der Waals surface area contributed by atoms with E-state index in [-0.39, 0.29) is 0 Å². The lowest BCUT2D eigenvalue weighted by Crippen LogP contribution is -2.37. The SMILES string of the molecule is Cc1cc(C)cc(/C=N/Nc2nc(N3CCOCC3)c3cc(-c4cnco4)sc3n2)c1. The fraction of sp³-hybridized carbons (Fsp3) is 0.273. The van der Waals surface area contributed by atoms with E-state index < -0.39 is 0 Å². The molecule has 1 aliphatic heterocycles. The molecule has 1 fully saturated rings. The van der Waals surface area contributed by atoms with E-state index in [4.69, 9.17) is 19.1 Å². The number of nitrogens with one attached hydrogen (secondary N) is 1. The molecule has 1 aliphatic rings. The summed E-state index contributed by atoms with van der Waals surface area (Å²) in [6.45, 7) is 7.07. The summed E-state index contributed by atoms with van der Waals surface area (Å²) in [4.78, 5) is 17.6. The second-order valence-corrected chi connectivity index (χ2v) is 8.49. The van der Waals surface area contributed by atoms with Gasteiger partial charge in [0.25, 0.3) is 0 Å². The molecule has 8 nitrogen and oxygen atoms in total. The van der Waals surface area contributed by atoms with Crippen molar-refractivity contribution in [1.82, 2.24) is 15.0 Å². The monoisotopic (exact) mass is 434 g/mol. The van der Waals surface area contributed by atoms with Gasteiger partial charge in [-0.2, -0.15) is 10.1 Å². The Labute approximate surface area is 183 Å². The Kier molecular flexibility index (Phi) is 5.35. The van der Waals surface area contributed by atoms with Crippen LogP contribution in [-0.4, -0.2) is 47.5 Å². The standard InChI is InChI=1S/C22H22N6O2S/c1-14-7-15(2)9-16(8-14)11-24-27-22-25-20(28-3-5-29-6-4-28)17-10-19(31-21(17)26-22)18-12-23-13-30-18/h7-13H,3-6H2,1-2H3,(H,25,26,27)/b24-11+. The Bertz CT molecular complexity index is 1210. The van der Waals surface area contributed by atoms with E-state index in [0.29, 0.717) is 19.2 Å². The fourth-order valence-electron chi connectivity index (χ4n) is 3.68. The van der Waals surface area contributed by atoms with Gasteiger partial charge in [0.1, 0.15) is 10.6 Å². The van der Waals surface area contributed by atoms with Crippen molar-refractivity contribution in [2.45, 2.75) is 13.8 Å². The smallest absolute Gasteiger partial charge is 0.246 e. The number of fused-ring (bicyclic) bond motifs is 1. The molecular formula is C22H22N6O2S. The maximum absolute atomic E-state index is 5.52. The Morgan fingerprint density at radius 3 is 2.65 bits per heavy atom. The molecule has 0 unspecified atom stereocenters. The molecule has 0 radical (unpaired) electrons. The molecule has 9 heteroatoms. The first kappa shape index (κ1) is 19.7.